The molecule has 0 unspecified atom stereocenters. The van der Waals surface area contributed by atoms with Crippen molar-refractivity contribution in [2.75, 3.05) is 61.5 Å². The highest BCUT2D eigenvalue weighted by atomic mass is 19.1. The lowest BCUT2D eigenvalue weighted by atomic mass is 10.1. The van der Waals surface area contributed by atoms with Crippen LogP contribution in [0.25, 0.3) is 10.9 Å². The summed E-state index contributed by atoms with van der Waals surface area (Å²) in [6.45, 7) is 6.18. The first-order valence-electron chi connectivity index (χ1n) is 15.6. The monoisotopic (exact) mass is 628 g/mol. The molecule has 2 saturated heterocycles. The molecule has 2 aliphatic rings. The van der Waals surface area contributed by atoms with E-state index in [1.807, 2.05) is 35.0 Å². The lowest BCUT2D eigenvalue weighted by Gasteiger charge is -2.30. The first kappa shape index (κ1) is 31.2. The number of aliphatic carboxylic acids is 1. The molecule has 0 aliphatic carbocycles. The van der Waals surface area contributed by atoms with Gasteiger partial charge in [0.2, 0.25) is 0 Å². The number of hydrogen-bond acceptors (Lipinski definition) is 7. The number of fused-ring (bicyclic) bond motifs is 1. The van der Waals surface area contributed by atoms with Gasteiger partial charge < -0.3 is 25.4 Å². The molecule has 12 heteroatoms. The smallest absolute Gasteiger partial charge is 0.307 e. The second-order valence-electron chi connectivity index (χ2n) is 11.6. The van der Waals surface area contributed by atoms with Gasteiger partial charge in [-0.25, -0.2) is 4.39 Å². The maximum atomic E-state index is 13.9. The Kier molecular flexibility index (Phi) is 9.55. The number of amides is 2. The summed E-state index contributed by atoms with van der Waals surface area (Å²) in [4.78, 5) is 43.2. The Morgan fingerprint density at radius 1 is 0.848 bits per heavy atom. The van der Waals surface area contributed by atoms with Crippen molar-refractivity contribution < 1.29 is 28.6 Å². The molecule has 0 atom stereocenters. The normalized spacial score (nSPS) is 15.5. The molecule has 3 heterocycles. The van der Waals surface area contributed by atoms with Crippen LogP contribution in [-0.4, -0.2) is 83.5 Å². The minimum Gasteiger partial charge on any atom is -0.481 e. The lowest BCUT2D eigenvalue weighted by molar-refractivity contribution is -0.136. The molecule has 11 nitrogen and oxygen atoms in total. The first-order chi connectivity index (χ1) is 22.4. The predicted molar refractivity (Wildman–Crippen MR) is 173 cm³/mol. The van der Waals surface area contributed by atoms with Crippen molar-refractivity contribution in [3.05, 3.63) is 83.3 Å². The fraction of sp³-hybridized carbons (Fsp3) is 0.353. The predicted octanol–water partition coefficient (Wildman–Crippen LogP) is 4.63. The number of carbonyl (C=O) groups is 3. The third-order valence-electron chi connectivity index (χ3n) is 8.47. The maximum absolute atomic E-state index is 13.9. The van der Waals surface area contributed by atoms with E-state index in [9.17, 15) is 23.9 Å². The van der Waals surface area contributed by atoms with Crippen LogP contribution < -0.4 is 15.5 Å². The van der Waals surface area contributed by atoms with E-state index in [4.69, 9.17) is 9.84 Å². The molecule has 6 rings (SSSR count). The van der Waals surface area contributed by atoms with Crippen LogP contribution >= 0.6 is 0 Å². The number of aromatic nitrogens is 2. The molecule has 2 aliphatic heterocycles. The number of nitrogens with zero attached hydrogens (tertiary/aromatic N) is 4. The van der Waals surface area contributed by atoms with Crippen molar-refractivity contribution in [3.8, 4) is 0 Å². The standard InChI is InChI=1S/C34H37FN6O5/c35-25-9-10-27(24(20-25)22-31(42)43)36-33(44)23-8-11-30(40-12-4-1-5-13-40)28(21-23)37-34(45)32-26-6-2-3-7-29(26)41(38-32)15-14-39-16-18-46-19-17-39/h2-3,6-11,20-21H,1,4-5,12-19,22H2,(H,36,44)(H,37,45)(H,42,43). The van der Waals surface area contributed by atoms with Crippen molar-refractivity contribution in [1.29, 1.82) is 0 Å². The molecule has 4 aromatic rings. The topological polar surface area (TPSA) is 129 Å². The van der Waals surface area contributed by atoms with Crippen molar-refractivity contribution in [2.45, 2.75) is 32.2 Å². The Bertz CT molecular complexity index is 1750. The summed E-state index contributed by atoms with van der Waals surface area (Å²) in [7, 11) is 0. The van der Waals surface area contributed by atoms with Gasteiger partial charge in [-0.15, -0.1) is 0 Å². The third kappa shape index (κ3) is 7.19. The Morgan fingerprint density at radius 2 is 1.61 bits per heavy atom. The van der Waals surface area contributed by atoms with E-state index in [1.54, 1.807) is 12.1 Å². The highest BCUT2D eigenvalue weighted by molar-refractivity contribution is 6.13. The molecule has 0 bridgehead atoms. The minimum atomic E-state index is -1.15. The molecule has 2 amide bonds. The Hall–Kier alpha value is -4.81. The quantitative estimate of drug-likeness (QED) is 0.232. The molecule has 2 fully saturated rings. The number of nitrogens with one attached hydrogen (secondary N) is 2. The summed E-state index contributed by atoms with van der Waals surface area (Å²) < 4.78 is 21.2. The van der Waals surface area contributed by atoms with Crippen LogP contribution in [0.3, 0.4) is 0 Å². The van der Waals surface area contributed by atoms with E-state index in [0.29, 0.717) is 31.1 Å². The summed E-state index contributed by atoms with van der Waals surface area (Å²) in [5, 5.41) is 20.5. The molecule has 0 spiro atoms. The first-order valence-corrected chi connectivity index (χ1v) is 15.6. The van der Waals surface area contributed by atoms with E-state index in [1.165, 1.54) is 6.07 Å². The number of piperidine rings is 1. The molecule has 3 aromatic carbocycles. The number of morpholine rings is 1. The Labute approximate surface area is 265 Å². The molecule has 3 N–H and O–H groups in total. The van der Waals surface area contributed by atoms with Crippen molar-refractivity contribution >= 4 is 45.7 Å². The molecule has 240 valence electrons. The van der Waals surface area contributed by atoms with E-state index >= 15 is 0 Å². The van der Waals surface area contributed by atoms with E-state index in [2.05, 4.69) is 20.4 Å². The summed E-state index contributed by atoms with van der Waals surface area (Å²) in [5.41, 5.74) is 3.03. The van der Waals surface area contributed by atoms with E-state index in [0.717, 1.165) is 80.7 Å². The second-order valence-corrected chi connectivity index (χ2v) is 11.6. The second kappa shape index (κ2) is 14.1. The number of hydrogen-bond donors (Lipinski definition) is 3. The number of benzene rings is 3. The lowest BCUT2D eigenvalue weighted by Crippen LogP contribution is -2.38. The van der Waals surface area contributed by atoms with Gasteiger partial charge in [-0.2, -0.15) is 5.10 Å². The number of halogens is 1. The van der Waals surface area contributed by atoms with Crippen LogP contribution in [0, 0.1) is 5.82 Å². The highest BCUT2D eigenvalue weighted by Crippen LogP contribution is 2.31. The van der Waals surface area contributed by atoms with Crippen LogP contribution in [-0.2, 0) is 22.5 Å². The van der Waals surface area contributed by atoms with E-state index in [-0.39, 0.29) is 22.7 Å². The molecule has 0 radical (unpaired) electrons. The van der Waals surface area contributed by atoms with Gasteiger partial charge in [-0.3, -0.25) is 24.0 Å². The zero-order valence-electron chi connectivity index (χ0n) is 25.5. The van der Waals surface area contributed by atoms with Crippen molar-refractivity contribution in [3.63, 3.8) is 0 Å². The van der Waals surface area contributed by atoms with Gasteiger partial charge in [0.15, 0.2) is 5.69 Å². The van der Waals surface area contributed by atoms with Gasteiger partial charge >= 0.3 is 5.97 Å². The number of rotatable bonds is 10. The SMILES string of the molecule is O=C(O)Cc1cc(F)ccc1NC(=O)c1ccc(N2CCCCC2)c(NC(=O)c2nn(CCN3CCOCC3)c3ccccc23)c1. The Morgan fingerprint density at radius 3 is 2.39 bits per heavy atom. The highest BCUT2D eigenvalue weighted by Gasteiger charge is 2.23. The van der Waals surface area contributed by atoms with Crippen LogP contribution in [0.15, 0.2) is 60.7 Å². The molecule has 0 saturated carbocycles. The average molecular weight is 629 g/mol. The fourth-order valence-corrected chi connectivity index (χ4v) is 6.08. The van der Waals surface area contributed by atoms with Gasteiger partial charge in [0, 0.05) is 49.4 Å². The third-order valence-corrected chi connectivity index (χ3v) is 8.47. The summed E-state index contributed by atoms with van der Waals surface area (Å²) in [6, 6.07) is 16.4. The largest absolute Gasteiger partial charge is 0.481 e. The molecule has 46 heavy (non-hydrogen) atoms. The van der Waals surface area contributed by atoms with Gasteiger partial charge in [-0.1, -0.05) is 18.2 Å². The van der Waals surface area contributed by atoms with Crippen molar-refractivity contribution in [2.24, 2.45) is 0 Å². The summed E-state index contributed by atoms with van der Waals surface area (Å²) >= 11 is 0. The molecular weight excluding hydrogens is 591 g/mol. The van der Waals surface area contributed by atoms with Gasteiger partial charge in [0.25, 0.3) is 11.8 Å². The fourth-order valence-electron chi connectivity index (χ4n) is 6.08. The van der Waals surface area contributed by atoms with Crippen molar-refractivity contribution in [1.82, 2.24) is 14.7 Å². The van der Waals surface area contributed by atoms with Gasteiger partial charge in [0.1, 0.15) is 5.82 Å². The molecule has 1 aromatic heterocycles. The zero-order chi connectivity index (χ0) is 32.0. The van der Waals surface area contributed by atoms with Gasteiger partial charge in [0.05, 0.1) is 43.1 Å². The minimum absolute atomic E-state index is 0.149. The van der Waals surface area contributed by atoms with Crippen LogP contribution in [0.1, 0.15) is 45.7 Å². The van der Waals surface area contributed by atoms with Crippen LogP contribution in [0.2, 0.25) is 0 Å². The number of anilines is 3. The summed E-state index contributed by atoms with van der Waals surface area (Å²) in [6.07, 6.45) is 2.72. The van der Waals surface area contributed by atoms with Crippen LogP contribution in [0.4, 0.5) is 21.5 Å². The number of ether oxygens (including phenoxy) is 1. The number of carboxylic acids is 1. The number of para-hydroxylation sites is 1. The van der Waals surface area contributed by atoms with Crippen LogP contribution in [0.5, 0.6) is 0 Å². The number of carbonyl (C=O) groups excluding carboxylic acids is 2. The summed E-state index contributed by atoms with van der Waals surface area (Å²) in [5.74, 6) is -2.65. The van der Waals surface area contributed by atoms with Gasteiger partial charge in [-0.05, 0) is 67.3 Å². The molecular formula is C34H37FN6O5. The maximum Gasteiger partial charge on any atom is 0.307 e. The van der Waals surface area contributed by atoms with E-state index < -0.39 is 24.1 Å². The average Bonchev–Trinajstić information content (AvgIpc) is 3.44. The number of carboxylic acid groups (broad SMARTS) is 1. The Balaban J connectivity index is 1.28. The zero-order valence-corrected chi connectivity index (χ0v) is 25.5.